The van der Waals surface area contributed by atoms with Gasteiger partial charge in [0.25, 0.3) is 5.56 Å². The lowest BCUT2D eigenvalue weighted by atomic mass is 9.92. The molecule has 1 saturated carbocycles. The molecule has 2 heterocycles. The smallest absolute Gasteiger partial charge is 0.255 e. The summed E-state index contributed by atoms with van der Waals surface area (Å²) in [6.07, 6.45) is 9.13. The van der Waals surface area contributed by atoms with Crippen molar-refractivity contribution in [1.29, 1.82) is 0 Å². The van der Waals surface area contributed by atoms with E-state index in [0.29, 0.717) is 16.2 Å². The average molecular weight is 347 g/mol. The molecule has 4 rings (SSSR count). The summed E-state index contributed by atoms with van der Waals surface area (Å²) in [6, 6.07) is 6.21. The van der Waals surface area contributed by atoms with Crippen molar-refractivity contribution in [2.45, 2.75) is 50.7 Å². The van der Waals surface area contributed by atoms with Crippen LogP contribution in [0.5, 0.6) is 5.75 Å². The Morgan fingerprint density at radius 3 is 2.62 bits per heavy atom. The van der Waals surface area contributed by atoms with Gasteiger partial charge in [0.05, 0.1) is 11.1 Å². The van der Waals surface area contributed by atoms with Gasteiger partial charge in [-0.05, 0) is 75.2 Å². The van der Waals surface area contributed by atoms with Gasteiger partial charge in [0.15, 0.2) is 0 Å². The highest BCUT2D eigenvalue weighted by Crippen LogP contribution is 2.33. The van der Waals surface area contributed by atoms with Gasteiger partial charge >= 0.3 is 0 Å². The van der Waals surface area contributed by atoms with Crippen molar-refractivity contribution in [1.82, 2.24) is 9.88 Å². The van der Waals surface area contributed by atoms with Gasteiger partial charge in [0, 0.05) is 17.6 Å². The molecular weight excluding hydrogens is 324 g/mol. The third kappa shape index (κ3) is 3.17. The van der Waals surface area contributed by atoms with Crippen LogP contribution in [0.25, 0.3) is 10.8 Å². The third-order valence-corrected chi connectivity index (χ3v) is 5.72. The van der Waals surface area contributed by atoms with E-state index < -0.39 is 0 Å². The molecule has 1 aliphatic carbocycles. The third-order valence-electron chi connectivity index (χ3n) is 5.42. The van der Waals surface area contributed by atoms with Gasteiger partial charge in [0.1, 0.15) is 5.75 Å². The molecule has 1 saturated heterocycles. The molecule has 0 atom stereocenters. The summed E-state index contributed by atoms with van der Waals surface area (Å²) in [6.45, 7) is 2.53. The van der Waals surface area contributed by atoms with Crippen LogP contribution in [0.15, 0.2) is 29.2 Å². The van der Waals surface area contributed by atoms with Crippen LogP contribution in [0.3, 0.4) is 0 Å². The molecule has 0 unspecified atom stereocenters. The molecule has 1 aliphatic heterocycles. The average Bonchev–Trinajstić information content (AvgIpc) is 3.12. The van der Waals surface area contributed by atoms with Gasteiger partial charge < -0.3 is 14.6 Å². The SMILES string of the molecule is O=c1[nH]ccc2cc(O[C@H]3CC[C@@H](N4CCCC4)CC3)c(Cl)cc12. The van der Waals surface area contributed by atoms with E-state index in [0.717, 1.165) is 24.3 Å². The normalized spacial score (nSPS) is 25.2. The second-order valence-electron chi connectivity index (χ2n) is 6.97. The molecule has 24 heavy (non-hydrogen) atoms. The summed E-state index contributed by atoms with van der Waals surface area (Å²) in [5.41, 5.74) is -0.118. The molecule has 2 aliphatic rings. The molecule has 1 N–H and O–H groups in total. The van der Waals surface area contributed by atoms with Gasteiger partial charge in [-0.3, -0.25) is 4.79 Å². The fourth-order valence-corrected chi connectivity index (χ4v) is 4.30. The van der Waals surface area contributed by atoms with E-state index >= 15 is 0 Å². The zero-order valence-electron chi connectivity index (χ0n) is 13.8. The van der Waals surface area contributed by atoms with Gasteiger partial charge in [-0.1, -0.05) is 11.6 Å². The first-order chi connectivity index (χ1) is 11.7. The molecule has 1 aromatic carbocycles. The van der Waals surface area contributed by atoms with E-state index in [4.69, 9.17) is 16.3 Å². The first-order valence-electron chi connectivity index (χ1n) is 8.92. The van der Waals surface area contributed by atoms with Crippen molar-refractivity contribution in [3.8, 4) is 5.75 Å². The maximum atomic E-state index is 11.8. The van der Waals surface area contributed by atoms with Crippen LogP contribution >= 0.6 is 11.6 Å². The van der Waals surface area contributed by atoms with Crippen LogP contribution < -0.4 is 10.3 Å². The number of likely N-dealkylation sites (tertiary alicyclic amines) is 1. The zero-order chi connectivity index (χ0) is 16.5. The molecule has 5 heteroatoms. The van der Waals surface area contributed by atoms with Crippen molar-refractivity contribution < 1.29 is 4.74 Å². The minimum atomic E-state index is -0.118. The number of aromatic amines is 1. The van der Waals surface area contributed by atoms with E-state index in [-0.39, 0.29) is 11.7 Å². The Labute approximate surface area is 146 Å². The molecule has 2 aromatic rings. The summed E-state index contributed by atoms with van der Waals surface area (Å²) >= 11 is 6.34. The summed E-state index contributed by atoms with van der Waals surface area (Å²) in [7, 11) is 0. The van der Waals surface area contributed by atoms with Gasteiger partial charge in [-0.2, -0.15) is 0 Å². The maximum absolute atomic E-state index is 11.8. The monoisotopic (exact) mass is 346 g/mol. The maximum Gasteiger partial charge on any atom is 0.255 e. The van der Waals surface area contributed by atoms with Gasteiger partial charge in [0.2, 0.25) is 0 Å². The summed E-state index contributed by atoms with van der Waals surface area (Å²) < 4.78 is 6.18. The highest BCUT2D eigenvalue weighted by molar-refractivity contribution is 6.32. The fourth-order valence-electron chi connectivity index (χ4n) is 4.09. The van der Waals surface area contributed by atoms with E-state index in [9.17, 15) is 4.79 Å². The first-order valence-corrected chi connectivity index (χ1v) is 9.30. The summed E-state index contributed by atoms with van der Waals surface area (Å²) in [5, 5.41) is 1.98. The molecule has 1 aromatic heterocycles. The number of ether oxygens (including phenoxy) is 1. The minimum absolute atomic E-state index is 0.118. The number of hydrogen-bond acceptors (Lipinski definition) is 3. The Bertz CT molecular complexity index is 775. The van der Waals surface area contributed by atoms with Crippen molar-refractivity contribution in [2.75, 3.05) is 13.1 Å². The van der Waals surface area contributed by atoms with Crippen LogP contribution in [0.1, 0.15) is 38.5 Å². The van der Waals surface area contributed by atoms with Crippen LogP contribution in [-0.2, 0) is 0 Å². The number of nitrogens with zero attached hydrogens (tertiary/aromatic N) is 1. The van der Waals surface area contributed by atoms with Crippen LogP contribution in [0, 0.1) is 0 Å². The molecule has 0 amide bonds. The van der Waals surface area contributed by atoms with Crippen molar-refractivity contribution in [3.05, 3.63) is 39.8 Å². The standard InChI is InChI=1S/C19H23ClN2O2/c20-17-12-16-13(7-8-21-19(16)23)11-18(17)24-15-5-3-14(4-6-15)22-9-1-2-10-22/h7-8,11-12,14-15H,1-6,9-10H2,(H,21,23)/t14-,15+. The predicted molar refractivity (Wildman–Crippen MR) is 97.1 cm³/mol. The number of benzene rings is 1. The number of pyridine rings is 1. The number of fused-ring (bicyclic) bond motifs is 1. The molecular formula is C19H23ClN2O2. The molecule has 0 bridgehead atoms. The number of aromatic nitrogens is 1. The lowest BCUT2D eigenvalue weighted by Crippen LogP contribution is -2.38. The molecule has 128 valence electrons. The Morgan fingerprint density at radius 2 is 1.88 bits per heavy atom. The summed E-state index contributed by atoms with van der Waals surface area (Å²) in [4.78, 5) is 17.2. The Morgan fingerprint density at radius 1 is 1.12 bits per heavy atom. The Hall–Kier alpha value is -1.52. The van der Waals surface area contributed by atoms with Crippen molar-refractivity contribution in [2.24, 2.45) is 0 Å². The largest absolute Gasteiger partial charge is 0.489 e. The fraction of sp³-hybridized carbons (Fsp3) is 0.526. The van der Waals surface area contributed by atoms with Gasteiger partial charge in [-0.15, -0.1) is 0 Å². The number of nitrogens with one attached hydrogen (secondary N) is 1. The molecule has 4 nitrogen and oxygen atoms in total. The second-order valence-corrected chi connectivity index (χ2v) is 7.38. The zero-order valence-corrected chi connectivity index (χ0v) is 14.5. The number of H-pyrrole nitrogens is 1. The first kappa shape index (κ1) is 16.0. The van der Waals surface area contributed by atoms with Crippen LogP contribution in [0.4, 0.5) is 0 Å². The topological polar surface area (TPSA) is 45.3 Å². The second kappa shape index (κ2) is 6.77. The lowest BCUT2D eigenvalue weighted by molar-refractivity contribution is 0.100. The van der Waals surface area contributed by atoms with Crippen molar-refractivity contribution >= 4 is 22.4 Å². The minimum Gasteiger partial charge on any atom is -0.489 e. The molecule has 0 spiro atoms. The van der Waals surface area contributed by atoms with E-state index in [1.807, 2.05) is 12.1 Å². The molecule has 2 fully saturated rings. The Balaban J connectivity index is 1.45. The van der Waals surface area contributed by atoms with E-state index in [1.165, 1.54) is 38.8 Å². The van der Waals surface area contributed by atoms with Gasteiger partial charge in [-0.25, -0.2) is 0 Å². The lowest BCUT2D eigenvalue weighted by Gasteiger charge is -2.34. The summed E-state index contributed by atoms with van der Waals surface area (Å²) in [5.74, 6) is 0.694. The highest BCUT2D eigenvalue weighted by atomic mass is 35.5. The number of halogens is 1. The van der Waals surface area contributed by atoms with Crippen LogP contribution in [-0.4, -0.2) is 35.1 Å². The Kier molecular flexibility index (Phi) is 4.51. The number of hydrogen-bond donors (Lipinski definition) is 1. The predicted octanol–water partition coefficient (Wildman–Crippen LogP) is 3.97. The van der Waals surface area contributed by atoms with Crippen molar-refractivity contribution in [3.63, 3.8) is 0 Å². The van der Waals surface area contributed by atoms with Crippen LogP contribution in [0.2, 0.25) is 5.02 Å². The quantitative estimate of drug-likeness (QED) is 0.914. The molecule has 0 radical (unpaired) electrons. The van der Waals surface area contributed by atoms with E-state index in [2.05, 4.69) is 9.88 Å². The highest BCUT2D eigenvalue weighted by Gasteiger charge is 2.28. The number of rotatable bonds is 3. The van der Waals surface area contributed by atoms with E-state index in [1.54, 1.807) is 12.3 Å².